The molecule has 2 heterocycles. The van der Waals surface area contributed by atoms with Gasteiger partial charge in [0.1, 0.15) is 12.7 Å². The molecule has 0 spiro atoms. The van der Waals surface area contributed by atoms with Crippen LogP contribution in [0.3, 0.4) is 0 Å². The Morgan fingerprint density at radius 3 is 2.76 bits per heavy atom. The van der Waals surface area contributed by atoms with Crippen LogP contribution >= 0.6 is 15.9 Å². The third kappa shape index (κ3) is 4.14. The van der Waals surface area contributed by atoms with Crippen molar-refractivity contribution in [2.45, 2.75) is 19.4 Å². The maximum atomic E-state index is 4.09. The van der Waals surface area contributed by atoms with Gasteiger partial charge < -0.3 is 9.88 Å². The maximum absolute atomic E-state index is 4.09. The van der Waals surface area contributed by atoms with E-state index in [9.17, 15) is 0 Å². The number of halogens is 1. The van der Waals surface area contributed by atoms with E-state index in [4.69, 9.17) is 0 Å². The molecule has 2 aromatic heterocycles. The van der Waals surface area contributed by atoms with Crippen molar-refractivity contribution in [2.24, 2.45) is 0 Å². The summed E-state index contributed by atoms with van der Waals surface area (Å²) in [6.07, 6.45) is 9.29. The Kier molecular flexibility index (Phi) is 4.49. The zero-order valence-corrected chi connectivity index (χ0v) is 11.0. The van der Waals surface area contributed by atoms with E-state index in [0.717, 1.165) is 36.1 Å². The quantitative estimate of drug-likeness (QED) is 0.831. The van der Waals surface area contributed by atoms with Gasteiger partial charge in [0, 0.05) is 23.8 Å². The fourth-order valence-electron chi connectivity index (χ4n) is 1.50. The number of pyridine rings is 1. The molecular weight excluding hydrogens is 282 g/mol. The second-order valence-corrected chi connectivity index (χ2v) is 4.64. The minimum atomic E-state index is 0.945. The fraction of sp³-hybridized carbons (Fsp3) is 0.364. The second kappa shape index (κ2) is 6.34. The van der Waals surface area contributed by atoms with E-state index in [0.29, 0.717) is 0 Å². The Hall–Kier alpha value is -1.43. The average Bonchev–Trinajstić information content (AvgIpc) is 2.82. The molecule has 0 radical (unpaired) electrons. The van der Waals surface area contributed by atoms with E-state index in [-0.39, 0.29) is 0 Å². The predicted octanol–water partition coefficient (Wildman–Crippen LogP) is 2.33. The van der Waals surface area contributed by atoms with Crippen LogP contribution in [0.2, 0.25) is 0 Å². The lowest BCUT2D eigenvalue weighted by Gasteiger charge is -2.06. The number of aromatic nitrogens is 4. The number of anilines is 1. The first-order valence-electron chi connectivity index (χ1n) is 5.51. The Morgan fingerprint density at radius 2 is 2.00 bits per heavy atom. The summed E-state index contributed by atoms with van der Waals surface area (Å²) in [4.78, 5) is 4.09. The molecule has 2 rings (SSSR count). The van der Waals surface area contributed by atoms with Crippen molar-refractivity contribution in [3.63, 3.8) is 0 Å². The van der Waals surface area contributed by atoms with Gasteiger partial charge in [-0.1, -0.05) is 0 Å². The molecule has 0 fully saturated rings. The number of aryl methyl sites for hydroxylation is 1. The predicted molar refractivity (Wildman–Crippen MR) is 69.7 cm³/mol. The van der Waals surface area contributed by atoms with E-state index in [1.807, 2.05) is 16.8 Å². The van der Waals surface area contributed by atoms with E-state index in [1.54, 1.807) is 18.9 Å². The van der Waals surface area contributed by atoms with Gasteiger partial charge in [-0.05, 0) is 34.8 Å². The number of hydrogen-bond acceptors (Lipinski definition) is 4. The van der Waals surface area contributed by atoms with Crippen LogP contribution in [-0.2, 0) is 6.54 Å². The average molecular weight is 296 g/mol. The topological polar surface area (TPSA) is 55.6 Å². The molecule has 17 heavy (non-hydrogen) atoms. The minimum Gasteiger partial charge on any atom is -0.384 e. The van der Waals surface area contributed by atoms with Crippen LogP contribution in [0, 0.1) is 0 Å². The normalized spacial score (nSPS) is 10.4. The number of unbranched alkanes of at least 4 members (excludes halogenated alkanes) is 1. The number of nitrogens with zero attached hydrogens (tertiary/aromatic N) is 4. The van der Waals surface area contributed by atoms with Crippen LogP contribution in [-0.4, -0.2) is 26.3 Å². The van der Waals surface area contributed by atoms with Crippen molar-refractivity contribution in [1.29, 1.82) is 0 Å². The first kappa shape index (κ1) is 12.0. The standard InChI is InChI=1S/C11H14BrN5/c12-10-5-11(7-13-6-10)14-3-1-2-4-17-8-15-16-9-17/h5-9,14H,1-4H2. The van der Waals surface area contributed by atoms with Gasteiger partial charge in [-0.3, -0.25) is 4.98 Å². The summed E-state index contributed by atoms with van der Waals surface area (Å²) in [6, 6.07) is 2.02. The van der Waals surface area contributed by atoms with Gasteiger partial charge in [0.05, 0.1) is 11.9 Å². The molecule has 0 unspecified atom stereocenters. The lowest BCUT2D eigenvalue weighted by molar-refractivity contribution is 0.619. The molecule has 5 nitrogen and oxygen atoms in total. The van der Waals surface area contributed by atoms with Crippen molar-refractivity contribution in [3.05, 3.63) is 35.6 Å². The second-order valence-electron chi connectivity index (χ2n) is 3.73. The van der Waals surface area contributed by atoms with Gasteiger partial charge >= 0.3 is 0 Å². The van der Waals surface area contributed by atoms with Gasteiger partial charge in [0.2, 0.25) is 0 Å². The highest BCUT2D eigenvalue weighted by atomic mass is 79.9. The first-order valence-corrected chi connectivity index (χ1v) is 6.31. The molecule has 2 aromatic rings. The summed E-state index contributed by atoms with van der Waals surface area (Å²) in [5.74, 6) is 0. The number of hydrogen-bond donors (Lipinski definition) is 1. The molecule has 0 atom stereocenters. The summed E-state index contributed by atoms with van der Waals surface area (Å²) >= 11 is 3.39. The van der Waals surface area contributed by atoms with Crippen molar-refractivity contribution in [2.75, 3.05) is 11.9 Å². The molecule has 1 N–H and O–H groups in total. The highest BCUT2D eigenvalue weighted by Crippen LogP contribution is 2.13. The fourth-order valence-corrected chi connectivity index (χ4v) is 1.86. The Labute approximate surface area is 108 Å². The van der Waals surface area contributed by atoms with E-state index in [2.05, 4.69) is 36.4 Å². The van der Waals surface area contributed by atoms with Crippen molar-refractivity contribution in [3.8, 4) is 0 Å². The van der Waals surface area contributed by atoms with Gasteiger partial charge in [0.25, 0.3) is 0 Å². The van der Waals surface area contributed by atoms with E-state index in [1.165, 1.54) is 0 Å². The summed E-state index contributed by atoms with van der Waals surface area (Å²) < 4.78 is 2.98. The molecular formula is C11H14BrN5. The van der Waals surface area contributed by atoms with E-state index < -0.39 is 0 Å². The minimum absolute atomic E-state index is 0.945. The third-order valence-electron chi connectivity index (χ3n) is 2.34. The van der Waals surface area contributed by atoms with Crippen molar-refractivity contribution in [1.82, 2.24) is 19.7 Å². The molecule has 0 aliphatic carbocycles. The first-order chi connectivity index (χ1) is 8.34. The van der Waals surface area contributed by atoms with Crippen LogP contribution < -0.4 is 5.32 Å². The summed E-state index contributed by atoms with van der Waals surface area (Å²) in [5, 5.41) is 10.9. The largest absolute Gasteiger partial charge is 0.384 e. The maximum Gasteiger partial charge on any atom is 0.119 e. The summed E-state index contributed by atoms with van der Waals surface area (Å²) in [7, 11) is 0. The van der Waals surface area contributed by atoms with Gasteiger partial charge in [-0.15, -0.1) is 10.2 Å². The molecule has 0 bridgehead atoms. The third-order valence-corrected chi connectivity index (χ3v) is 2.78. The lowest BCUT2D eigenvalue weighted by Crippen LogP contribution is -2.03. The van der Waals surface area contributed by atoms with Crippen LogP contribution in [0.5, 0.6) is 0 Å². The van der Waals surface area contributed by atoms with Crippen LogP contribution in [0.1, 0.15) is 12.8 Å². The van der Waals surface area contributed by atoms with Gasteiger partial charge in [-0.2, -0.15) is 0 Å². The molecule has 0 saturated carbocycles. The molecule has 90 valence electrons. The van der Waals surface area contributed by atoms with Crippen LogP contribution in [0.15, 0.2) is 35.6 Å². The molecule has 0 aliphatic rings. The summed E-state index contributed by atoms with van der Waals surface area (Å²) in [5.41, 5.74) is 1.05. The molecule has 0 aliphatic heterocycles. The van der Waals surface area contributed by atoms with E-state index >= 15 is 0 Å². The zero-order chi connectivity index (χ0) is 11.9. The van der Waals surface area contributed by atoms with Crippen molar-refractivity contribution >= 4 is 21.6 Å². The SMILES string of the molecule is Brc1cncc(NCCCCn2cnnc2)c1. The Balaban J connectivity index is 1.63. The monoisotopic (exact) mass is 295 g/mol. The highest BCUT2D eigenvalue weighted by molar-refractivity contribution is 9.10. The number of rotatable bonds is 6. The van der Waals surface area contributed by atoms with Crippen LogP contribution in [0.25, 0.3) is 0 Å². The molecule has 0 amide bonds. The lowest BCUT2D eigenvalue weighted by atomic mass is 10.3. The number of nitrogens with one attached hydrogen (secondary N) is 1. The Bertz CT molecular complexity index is 443. The molecule has 0 aromatic carbocycles. The smallest absolute Gasteiger partial charge is 0.119 e. The van der Waals surface area contributed by atoms with Gasteiger partial charge in [-0.25, -0.2) is 0 Å². The Morgan fingerprint density at radius 1 is 1.18 bits per heavy atom. The molecule has 6 heteroatoms. The highest BCUT2D eigenvalue weighted by Gasteiger charge is 1.95. The molecule has 0 saturated heterocycles. The summed E-state index contributed by atoms with van der Waals surface area (Å²) in [6.45, 7) is 1.91. The van der Waals surface area contributed by atoms with Crippen LogP contribution in [0.4, 0.5) is 5.69 Å². The van der Waals surface area contributed by atoms with Crippen molar-refractivity contribution < 1.29 is 0 Å². The zero-order valence-electron chi connectivity index (χ0n) is 9.38. The van der Waals surface area contributed by atoms with Gasteiger partial charge in [0.15, 0.2) is 0 Å².